The molecule has 4 heteroatoms. The number of nitriles is 4. The standard InChI is InChI=1S/C24H14N4/c25-11-23(12-26)21-17-7-3-1-5-15(17)9-19(21)20-10-16-6-2-4-8-18(16)22(20)24(23,13-27)14-28/h1,3-5,7-9,21H,2,6,10H2. The Balaban J connectivity index is 1.92. The van der Waals surface area contributed by atoms with Gasteiger partial charge < -0.3 is 0 Å². The van der Waals surface area contributed by atoms with E-state index in [-0.39, 0.29) is 0 Å². The highest BCUT2D eigenvalue weighted by Gasteiger charge is 2.68. The van der Waals surface area contributed by atoms with Crippen molar-refractivity contribution >= 4 is 6.08 Å². The molecule has 130 valence electrons. The summed E-state index contributed by atoms with van der Waals surface area (Å²) in [6, 6.07) is 16.3. The number of fused-ring (bicyclic) bond motifs is 5. The molecule has 1 aromatic rings. The maximum absolute atomic E-state index is 10.3. The fraction of sp³-hybridized carbons (Fsp3) is 0.250. The van der Waals surface area contributed by atoms with Crippen LogP contribution in [-0.2, 0) is 0 Å². The lowest BCUT2D eigenvalue weighted by atomic mass is 9.49. The second-order valence-electron chi connectivity index (χ2n) is 7.66. The van der Waals surface area contributed by atoms with Gasteiger partial charge in [-0.25, -0.2) is 0 Å². The number of allylic oxidation sites excluding steroid dienone is 7. The van der Waals surface area contributed by atoms with E-state index in [0.29, 0.717) is 12.0 Å². The van der Waals surface area contributed by atoms with Gasteiger partial charge in [0.1, 0.15) is 0 Å². The first kappa shape index (κ1) is 16.3. The molecule has 1 atom stereocenters. The van der Waals surface area contributed by atoms with E-state index >= 15 is 0 Å². The summed E-state index contributed by atoms with van der Waals surface area (Å²) in [5, 5.41) is 41.1. The Labute approximate surface area is 163 Å². The van der Waals surface area contributed by atoms with Crippen molar-refractivity contribution in [1.82, 2.24) is 0 Å². The van der Waals surface area contributed by atoms with Gasteiger partial charge in [-0.15, -0.1) is 0 Å². The molecule has 28 heavy (non-hydrogen) atoms. The third-order valence-electron chi connectivity index (χ3n) is 6.60. The summed E-state index contributed by atoms with van der Waals surface area (Å²) in [6.07, 6.45) is 8.53. The summed E-state index contributed by atoms with van der Waals surface area (Å²) in [5.41, 5.74) is 2.72. The Kier molecular flexibility index (Phi) is 3.11. The summed E-state index contributed by atoms with van der Waals surface area (Å²) >= 11 is 0. The van der Waals surface area contributed by atoms with Gasteiger partial charge in [-0.3, -0.25) is 0 Å². The molecular formula is C24H14N4. The first-order valence-electron chi connectivity index (χ1n) is 9.26. The molecule has 0 heterocycles. The van der Waals surface area contributed by atoms with Crippen molar-refractivity contribution in [1.29, 1.82) is 21.0 Å². The fourth-order valence-electron chi connectivity index (χ4n) is 5.39. The van der Waals surface area contributed by atoms with Crippen LogP contribution < -0.4 is 0 Å². The topological polar surface area (TPSA) is 95.2 Å². The smallest absolute Gasteiger partial charge is 0.196 e. The van der Waals surface area contributed by atoms with Gasteiger partial charge in [-0.05, 0) is 47.1 Å². The molecule has 4 aliphatic rings. The van der Waals surface area contributed by atoms with Crippen LogP contribution in [-0.4, -0.2) is 0 Å². The molecule has 0 radical (unpaired) electrons. The highest BCUT2D eigenvalue weighted by Crippen LogP contribution is 2.67. The molecule has 0 N–H and O–H groups in total. The van der Waals surface area contributed by atoms with Crippen LogP contribution in [0.4, 0.5) is 0 Å². The van der Waals surface area contributed by atoms with Gasteiger partial charge in [0.05, 0.1) is 24.3 Å². The lowest BCUT2D eigenvalue weighted by molar-refractivity contribution is 0.299. The van der Waals surface area contributed by atoms with E-state index in [2.05, 4.69) is 24.3 Å². The minimum atomic E-state index is -1.83. The summed E-state index contributed by atoms with van der Waals surface area (Å²) in [6.45, 7) is 0. The van der Waals surface area contributed by atoms with Crippen LogP contribution in [0.1, 0.15) is 36.3 Å². The molecule has 0 amide bonds. The van der Waals surface area contributed by atoms with E-state index in [0.717, 1.165) is 40.7 Å². The van der Waals surface area contributed by atoms with Crippen LogP contribution in [0.15, 0.2) is 64.3 Å². The third kappa shape index (κ3) is 1.58. The maximum Gasteiger partial charge on any atom is 0.201 e. The molecule has 1 unspecified atom stereocenters. The Morgan fingerprint density at radius 2 is 1.71 bits per heavy atom. The van der Waals surface area contributed by atoms with Gasteiger partial charge in [-0.2, -0.15) is 21.0 Å². The van der Waals surface area contributed by atoms with Crippen molar-refractivity contribution in [3.8, 4) is 24.3 Å². The largest absolute Gasteiger partial charge is 0.201 e. The zero-order valence-electron chi connectivity index (χ0n) is 15.0. The number of hydrogen-bond acceptors (Lipinski definition) is 4. The number of nitrogens with zero attached hydrogens (tertiary/aromatic N) is 4. The fourth-order valence-corrected chi connectivity index (χ4v) is 5.39. The van der Waals surface area contributed by atoms with Gasteiger partial charge in [-0.1, -0.05) is 48.1 Å². The van der Waals surface area contributed by atoms with Crippen LogP contribution in [0, 0.1) is 56.2 Å². The molecule has 0 spiro atoms. The van der Waals surface area contributed by atoms with E-state index in [1.54, 1.807) is 0 Å². The molecule has 5 rings (SSSR count). The maximum atomic E-state index is 10.3. The van der Waals surface area contributed by atoms with Gasteiger partial charge in [0, 0.05) is 11.5 Å². The first-order chi connectivity index (χ1) is 13.7. The monoisotopic (exact) mass is 358 g/mol. The Morgan fingerprint density at radius 1 is 0.964 bits per heavy atom. The zero-order valence-corrected chi connectivity index (χ0v) is 15.0. The van der Waals surface area contributed by atoms with Crippen molar-refractivity contribution in [2.75, 3.05) is 0 Å². The first-order valence-corrected chi connectivity index (χ1v) is 9.26. The van der Waals surface area contributed by atoms with Gasteiger partial charge >= 0.3 is 0 Å². The summed E-state index contributed by atoms with van der Waals surface area (Å²) in [4.78, 5) is 0. The summed E-state index contributed by atoms with van der Waals surface area (Å²) in [7, 11) is 0. The number of hydrogen-bond donors (Lipinski definition) is 0. The van der Waals surface area contributed by atoms with E-state index < -0.39 is 16.7 Å². The lowest BCUT2D eigenvalue weighted by Gasteiger charge is -2.43. The molecular weight excluding hydrogens is 344 g/mol. The molecule has 4 nitrogen and oxygen atoms in total. The average molecular weight is 358 g/mol. The second-order valence-corrected chi connectivity index (χ2v) is 7.66. The van der Waals surface area contributed by atoms with Crippen LogP contribution in [0.3, 0.4) is 0 Å². The summed E-state index contributed by atoms with van der Waals surface area (Å²) < 4.78 is 0. The van der Waals surface area contributed by atoms with Crippen LogP contribution >= 0.6 is 0 Å². The Bertz CT molecular complexity index is 1210. The van der Waals surface area contributed by atoms with Crippen molar-refractivity contribution in [3.63, 3.8) is 0 Å². The Morgan fingerprint density at radius 3 is 2.43 bits per heavy atom. The second kappa shape index (κ2) is 5.33. The molecule has 4 aliphatic carbocycles. The molecule has 0 aliphatic heterocycles. The van der Waals surface area contributed by atoms with Crippen molar-refractivity contribution in [2.24, 2.45) is 10.8 Å². The number of benzene rings is 1. The molecule has 0 saturated heterocycles. The SMILES string of the molecule is N#CC1(C#N)C2=C(CC3=C2C=CCC3)C2=Cc3ccccc3C2C1(C#N)C#N. The lowest BCUT2D eigenvalue weighted by Crippen LogP contribution is -2.47. The summed E-state index contributed by atoms with van der Waals surface area (Å²) in [5.74, 6) is -0.595. The molecule has 0 fully saturated rings. The van der Waals surface area contributed by atoms with E-state index in [4.69, 9.17) is 0 Å². The molecule has 1 aromatic carbocycles. The van der Waals surface area contributed by atoms with E-state index in [1.165, 1.54) is 5.57 Å². The van der Waals surface area contributed by atoms with Crippen molar-refractivity contribution < 1.29 is 0 Å². The van der Waals surface area contributed by atoms with Crippen LogP contribution in [0.25, 0.3) is 6.08 Å². The minimum absolute atomic E-state index is 0.585. The average Bonchev–Trinajstić information content (AvgIpc) is 3.32. The molecule has 0 bridgehead atoms. The van der Waals surface area contributed by atoms with Gasteiger partial charge in [0.2, 0.25) is 5.41 Å². The van der Waals surface area contributed by atoms with Gasteiger partial charge in [0.25, 0.3) is 0 Å². The van der Waals surface area contributed by atoms with Crippen LogP contribution in [0.2, 0.25) is 0 Å². The molecule has 0 aromatic heterocycles. The quantitative estimate of drug-likeness (QED) is 0.677. The zero-order chi connectivity index (χ0) is 19.5. The van der Waals surface area contributed by atoms with Crippen LogP contribution in [0.5, 0.6) is 0 Å². The van der Waals surface area contributed by atoms with Gasteiger partial charge in [0.15, 0.2) is 5.41 Å². The molecule has 0 saturated carbocycles. The Hall–Kier alpha value is -3.86. The number of rotatable bonds is 0. The third-order valence-corrected chi connectivity index (χ3v) is 6.60. The highest BCUT2D eigenvalue weighted by molar-refractivity contribution is 5.81. The van der Waals surface area contributed by atoms with Crippen molar-refractivity contribution in [2.45, 2.75) is 25.2 Å². The van der Waals surface area contributed by atoms with E-state index in [1.807, 2.05) is 42.5 Å². The minimum Gasteiger partial charge on any atom is -0.196 e. The van der Waals surface area contributed by atoms with E-state index in [9.17, 15) is 21.0 Å². The highest BCUT2D eigenvalue weighted by atomic mass is 14.7. The normalized spacial score (nSPS) is 24.6. The predicted octanol–water partition coefficient (Wildman–Crippen LogP) is 4.59. The predicted molar refractivity (Wildman–Crippen MR) is 102 cm³/mol. The van der Waals surface area contributed by atoms with Crippen molar-refractivity contribution in [3.05, 3.63) is 75.4 Å².